The van der Waals surface area contributed by atoms with E-state index in [1.807, 2.05) is 6.07 Å². The first-order chi connectivity index (χ1) is 10.2. The average Bonchev–Trinajstić information content (AvgIpc) is 2.50. The summed E-state index contributed by atoms with van der Waals surface area (Å²) in [5.74, 6) is -0.423. The third-order valence-corrected chi connectivity index (χ3v) is 3.70. The third kappa shape index (κ3) is 2.73. The molecular formula is C16H12ClFN2O. The lowest BCUT2D eigenvalue weighted by molar-refractivity contribution is 0.178. The van der Waals surface area contributed by atoms with Gasteiger partial charge in [-0.25, -0.2) is 4.39 Å². The Morgan fingerprint density at radius 1 is 1.10 bits per heavy atom. The van der Waals surface area contributed by atoms with Crippen LogP contribution in [0, 0.1) is 5.82 Å². The highest BCUT2D eigenvalue weighted by molar-refractivity contribution is 6.31. The molecule has 1 N–H and O–H groups in total. The van der Waals surface area contributed by atoms with Gasteiger partial charge in [-0.05, 0) is 18.2 Å². The van der Waals surface area contributed by atoms with Crippen LogP contribution in [0.5, 0.6) is 0 Å². The van der Waals surface area contributed by atoms with Gasteiger partial charge in [-0.3, -0.25) is 9.97 Å². The highest BCUT2D eigenvalue weighted by Crippen LogP contribution is 2.28. The minimum absolute atomic E-state index is 0.0845. The molecule has 1 atom stereocenters. The van der Waals surface area contributed by atoms with E-state index < -0.39 is 11.9 Å². The lowest BCUT2D eigenvalue weighted by Crippen LogP contribution is -2.05. The Morgan fingerprint density at radius 2 is 1.86 bits per heavy atom. The lowest BCUT2D eigenvalue weighted by atomic mass is 9.99. The van der Waals surface area contributed by atoms with Crippen molar-refractivity contribution in [2.75, 3.05) is 0 Å². The van der Waals surface area contributed by atoms with E-state index in [9.17, 15) is 9.50 Å². The van der Waals surface area contributed by atoms with Crippen LogP contribution in [0.15, 0.2) is 48.8 Å². The van der Waals surface area contributed by atoms with Crippen molar-refractivity contribution in [2.24, 2.45) is 0 Å². The van der Waals surface area contributed by atoms with E-state index in [1.54, 1.807) is 30.6 Å². The van der Waals surface area contributed by atoms with Crippen molar-refractivity contribution in [3.05, 3.63) is 70.8 Å². The van der Waals surface area contributed by atoms with Crippen LogP contribution in [0.25, 0.3) is 11.0 Å². The SMILES string of the molecule is OC(Cc1c(F)cccc1Cl)c1cccc2nccnc12. The first kappa shape index (κ1) is 13.9. The van der Waals surface area contributed by atoms with Gasteiger partial charge < -0.3 is 5.11 Å². The van der Waals surface area contributed by atoms with E-state index in [2.05, 4.69) is 9.97 Å². The second-order valence-corrected chi connectivity index (χ2v) is 5.10. The quantitative estimate of drug-likeness (QED) is 0.802. The van der Waals surface area contributed by atoms with Crippen LogP contribution in [-0.2, 0) is 6.42 Å². The molecule has 0 aliphatic heterocycles. The molecule has 21 heavy (non-hydrogen) atoms. The summed E-state index contributed by atoms with van der Waals surface area (Å²) in [6.07, 6.45) is 2.34. The van der Waals surface area contributed by atoms with Crippen LogP contribution < -0.4 is 0 Å². The summed E-state index contributed by atoms with van der Waals surface area (Å²) < 4.78 is 13.8. The van der Waals surface area contributed by atoms with Crippen LogP contribution >= 0.6 is 11.6 Å². The monoisotopic (exact) mass is 302 g/mol. The first-order valence-electron chi connectivity index (χ1n) is 6.47. The van der Waals surface area contributed by atoms with Gasteiger partial charge >= 0.3 is 0 Å². The molecule has 3 rings (SSSR count). The highest BCUT2D eigenvalue weighted by atomic mass is 35.5. The number of benzene rings is 2. The predicted octanol–water partition coefficient (Wildman–Crippen LogP) is 3.70. The molecular weight excluding hydrogens is 291 g/mol. The number of aromatic nitrogens is 2. The Bertz CT molecular complexity index is 769. The summed E-state index contributed by atoms with van der Waals surface area (Å²) >= 11 is 6.00. The molecule has 0 saturated carbocycles. The number of rotatable bonds is 3. The average molecular weight is 303 g/mol. The van der Waals surface area contributed by atoms with Gasteiger partial charge in [-0.15, -0.1) is 0 Å². The molecule has 0 fully saturated rings. The van der Waals surface area contributed by atoms with Crippen molar-refractivity contribution in [1.82, 2.24) is 9.97 Å². The maximum absolute atomic E-state index is 13.8. The van der Waals surface area contributed by atoms with Crippen molar-refractivity contribution in [2.45, 2.75) is 12.5 Å². The van der Waals surface area contributed by atoms with Crippen molar-refractivity contribution in [3.8, 4) is 0 Å². The Kier molecular flexibility index (Phi) is 3.82. The summed E-state index contributed by atoms with van der Waals surface area (Å²) in [6, 6.07) is 9.84. The molecule has 1 aromatic heterocycles. The molecule has 3 nitrogen and oxygen atoms in total. The normalized spacial score (nSPS) is 12.5. The van der Waals surface area contributed by atoms with E-state index >= 15 is 0 Å². The zero-order valence-electron chi connectivity index (χ0n) is 11.0. The fourth-order valence-electron chi connectivity index (χ4n) is 2.31. The Labute approximate surface area is 126 Å². The Balaban J connectivity index is 2.00. The lowest BCUT2D eigenvalue weighted by Gasteiger charge is -2.14. The zero-order valence-corrected chi connectivity index (χ0v) is 11.8. The predicted molar refractivity (Wildman–Crippen MR) is 79.6 cm³/mol. The van der Waals surface area contributed by atoms with Gasteiger partial charge in [0.2, 0.25) is 0 Å². The minimum atomic E-state index is -0.903. The maximum Gasteiger partial charge on any atom is 0.127 e. The van der Waals surface area contributed by atoms with Crippen LogP contribution in [-0.4, -0.2) is 15.1 Å². The fourth-order valence-corrected chi connectivity index (χ4v) is 2.55. The summed E-state index contributed by atoms with van der Waals surface area (Å²) in [5, 5.41) is 10.7. The standard InChI is InChI=1S/C16H12ClFN2O/c17-12-4-2-5-13(18)11(12)9-15(21)10-3-1-6-14-16(10)20-8-7-19-14/h1-8,15,21H,9H2. The minimum Gasteiger partial charge on any atom is -0.388 e. The number of fused-ring (bicyclic) bond motifs is 1. The van der Waals surface area contributed by atoms with E-state index in [4.69, 9.17) is 11.6 Å². The first-order valence-corrected chi connectivity index (χ1v) is 6.85. The number of para-hydroxylation sites is 1. The molecule has 0 amide bonds. The molecule has 0 radical (unpaired) electrons. The summed E-state index contributed by atoms with van der Waals surface area (Å²) in [4.78, 5) is 8.43. The molecule has 106 valence electrons. The number of hydrogen-bond acceptors (Lipinski definition) is 3. The van der Waals surface area contributed by atoms with Gasteiger partial charge in [0.1, 0.15) is 5.82 Å². The van der Waals surface area contributed by atoms with Gasteiger partial charge in [0.15, 0.2) is 0 Å². The molecule has 1 heterocycles. The molecule has 5 heteroatoms. The van der Waals surface area contributed by atoms with E-state index in [0.717, 1.165) is 0 Å². The molecule has 2 aromatic carbocycles. The van der Waals surface area contributed by atoms with Gasteiger partial charge in [0.05, 0.1) is 17.1 Å². The third-order valence-electron chi connectivity index (χ3n) is 3.35. The summed E-state index contributed by atoms with van der Waals surface area (Å²) in [7, 11) is 0. The largest absolute Gasteiger partial charge is 0.388 e. The fraction of sp³-hybridized carbons (Fsp3) is 0.125. The van der Waals surface area contributed by atoms with Gasteiger partial charge in [0.25, 0.3) is 0 Å². The van der Waals surface area contributed by atoms with Gasteiger partial charge in [-0.1, -0.05) is 29.8 Å². The summed E-state index contributed by atoms with van der Waals surface area (Å²) in [5.41, 5.74) is 2.21. The number of halogens is 2. The van der Waals surface area contributed by atoms with Crippen LogP contribution in [0.1, 0.15) is 17.2 Å². The van der Waals surface area contributed by atoms with Crippen molar-refractivity contribution < 1.29 is 9.50 Å². The van der Waals surface area contributed by atoms with Crippen molar-refractivity contribution >= 4 is 22.6 Å². The van der Waals surface area contributed by atoms with Crippen LogP contribution in [0.2, 0.25) is 5.02 Å². The van der Waals surface area contributed by atoms with Crippen molar-refractivity contribution in [3.63, 3.8) is 0 Å². The molecule has 3 aromatic rings. The number of aliphatic hydroxyl groups is 1. The van der Waals surface area contributed by atoms with Gasteiger partial charge in [-0.2, -0.15) is 0 Å². The van der Waals surface area contributed by atoms with E-state index in [-0.39, 0.29) is 6.42 Å². The maximum atomic E-state index is 13.8. The highest BCUT2D eigenvalue weighted by Gasteiger charge is 2.17. The number of hydrogen-bond donors (Lipinski definition) is 1. The van der Waals surface area contributed by atoms with Crippen molar-refractivity contribution in [1.29, 1.82) is 0 Å². The molecule has 0 spiro atoms. The smallest absolute Gasteiger partial charge is 0.127 e. The van der Waals surface area contributed by atoms with E-state index in [0.29, 0.717) is 27.2 Å². The second kappa shape index (κ2) is 5.76. The molecule has 0 saturated heterocycles. The van der Waals surface area contributed by atoms with Crippen LogP contribution in [0.3, 0.4) is 0 Å². The van der Waals surface area contributed by atoms with Crippen LogP contribution in [0.4, 0.5) is 4.39 Å². The van der Waals surface area contributed by atoms with E-state index in [1.165, 1.54) is 12.1 Å². The molecule has 0 aliphatic rings. The van der Waals surface area contributed by atoms with Gasteiger partial charge in [0, 0.05) is 35.0 Å². The Hall–Kier alpha value is -2.04. The molecule has 0 bridgehead atoms. The zero-order chi connectivity index (χ0) is 14.8. The number of aliphatic hydroxyl groups excluding tert-OH is 1. The summed E-state index contributed by atoms with van der Waals surface area (Å²) in [6.45, 7) is 0. The Morgan fingerprint density at radius 3 is 2.67 bits per heavy atom. The number of nitrogens with zero attached hydrogens (tertiary/aromatic N) is 2. The molecule has 0 aliphatic carbocycles. The molecule has 1 unspecified atom stereocenters. The topological polar surface area (TPSA) is 46.0 Å². The second-order valence-electron chi connectivity index (χ2n) is 4.69.